The van der Waals surface area contributed by atoms with E-state index in [0.29, 0.717) is 11.7 Å². The van der Waals surface area contributed by atoms with Gasteiger partial charge in [0.15, 0.2) is 5.82 Å². The first-order valence-electron chi connectivity index (χ1n) is 7.79. The third kappa shape index (κ3) is 2.52. The number of nitrogens with one attached hydrogen (secondary N) is 1. The van der Waals surface area contributed by atoms with Crippen LogP contribution in [0.1, 0.15) is 17.3 Å². The Morgan fingerprint density at radius 1 is 1.08 bits per heavy atom. The van der Waals surface area contributed by atoms with E-state index in [2.05, 4.69) is 51.2 Å². The van der Waals surface area contributed by atoms with Gasteiger partial charge >= 0.3 is 0 Å². The van der Waals surface area contributed by atoms with Gasteiger partial charge in [-0.15, -0.1) is 0 Å². The van der Waals surface area contributed by atoms with Crippen LogP contribution in [0.3, 0.4) is 0 Å². The number of benzene rings is 2. The van der Waals surface area contributed by atoms with Crippen molar-refractivity contribution in [3.63, 3.8) is 0 Å². The van der Waals surface area contributed by atoms with E-state index < -0.39 is 0 Å². The van der Waals surface area contributed by atoms with E-state index in [4.69, 9.17) is 17.3 Å². The van der Waals surface area contributed by atoms with Gasteiger partial charge in [0.1, 0.15) is 6.17 Å². The summed E-state index contributed by atoms with van der Waals surface area (Å²) in [6, 6.07) is 16.1. The van der Waals surface area contributed by atoms with Crippen molar-refractivity contribution in [1.29, 1.82) is 0 Å². The summed E-state index contributed by atoms with van der Waals surface area (Å²) >= 11 is 6.01. The molecule has 24 heavy (non-hydrogen) atoms. The van der Waals surface area contributed by atoms with E-state index in [-0.39, 0.29) is 6.17 Å². The lowest BCUT2D eigenvalue weighted by molar-refractivity contribution is 0.617. The molecule has 0 radical (unpaired) electrons. The SMILES string of the molecule is Cc1ccc(N2CN(c3ccc(Cl)cc3)C(N)c3c[nH]nc32)cc1. The number of rotatable bonds is 2. The van der Waals surface area contributed by atoms with E-state index in [0.717, 1.165) is 22.8 Å². The molecule has 1 unspecified atom stereocenters. The molecule has 1 aromatic heterocycles. The van der Waals surface area contributed by atoms with Crippen LogP contribution in [0.5, 0.6) is 0 Å². The number of halogens is 1. The van der Waals surface area contributed by atoms with Gasteiger partial charge in [-0.25, -0.2) is 0 Å². The van der Waals surface area contributed by atoms with Gasteiger partial charge < -0.3 is 15.5 Å². The lowest BCUT2D eigenvalue weighted by Crippen LogP contribution is -2.46. The molecule has 1 atom stereocenters. The zero-order valence-electron chi connectivity index (χ0n) is 13.3. The molecule has 1 aliphatic rings. The minimum atomic E-state index is -0.262. The predicted molar refractivity (Wildman–Crippen MR) is 97.6 cm³/mol. The third-order valence-electron chi connectivity index (χ3n) is 4.36. The van der Waals surface area contributed by atoms with Crippen LogP contribution in [0, 0.1) is 6.92 Å². The van der Waals surface area contributed by atoms with Gasteiger partial charge in [-0.2, -0.15) is 5.10 Å². The van der Waals surface area contributed by atoms with E-state index in [1.807, 2.05) is 30.5 Å². The molecule has 0 bridgehead atoms. The van der Waals surface area contributed by atoms with Crippen molar-refractivity contribution in [2.75, 3.05) is 16.5 Å². The number of hydrogen-bond donors (Lipinski definition) is 2. The second-order valence-corrected chi connectivity index (χ2v) is 6.40. The maximum Gasteiger partial charge on any atom is 0.162 e. The Labute approximate surface area is 145 Å². The number of nitrogens with two attached hydrogens (primary N) is 1. The standard InChI is InChI=1S/C18H18ClN5/c1-12-2-6-15(7-3-12)24-11-23(14-8-4-13(19)5-9-14)17(20)16-10-21-22-18(16)24/h2-10,17H,11,20H2,1H3,(H,21,22). The van der Waals surface area contributed by atoms with Crippen LogP contribution in [0.15, 0.2) is 54.7 Å². The van der Waals surface area contributed by atoms with Crippen LogP contribution >= 0.6 is 11.6 Å². The zero-order chi connectivity index (χ0) is 16.7. The minimum Gasteiger partial charge on any atom is -0.334 e. The Balaban J connectivity index is 1.76. The highest BCUT2D eigenvalue weighted by molar-refractivity contribution is 6.30. The van der Waals surface area contributed by atoms with Crippen LogP contribution in [-0.4, -0.2) is 16.9 Å². The topological polar surface area (TPSA) is 61.2 Å². The van der Waals surface area contributed by atoms with Gasteiger partial charge in [-0.05, 0) is 43.3 Å². The molecule has 0 amide bonds. The van der Waals surface area contributed by atoms with Crippen molar-refractivity contribution in [3.05, 3.63) is 70.9 Å². The summed E-state index contributed by atoms with van der Waals surface area (Å²) in [7, 11) is 0. The molecule has 6 heteroatoms. The van der Waals surface area contributed by atoms with Gasteiger partial charge in [-0.3, -0.25) is 5.10 Å². The molecule has 0 saturated heterocycles. The van der Waals surface area contributed by atoms with Crippen molar-refractivity contribution >= 4 is 28.8 Å². The first-order valence-corrected chi connectivity index (χ1v) is 8.17. The Hall–Kier alpha value is -2.50. The minimum absolute atomic E-state index is 0.262. The van der Waals surface area contributed by atoms with Gasteiger partial charge in [0.2, 0.25) is 0 Å². The average molecular weight is 340 g/mol. The molecule has 0 saturated carbocycles. The molecule has 0 fully saturated rings. The number of aromatic amines is 1. The summed E-state index contributed by atoms with van der Waals surface area (Å²) in [5.74, 6) is 0.872. The highest BCUT2D eigenvalue weighted by Gasteiger charge is 2.32. The second-order valence-electron chi connectivity index (χ2n) is 5.96. The molecule has 3 aromatic rings. The van der Waals surface area contributed by atoms with Crippen LogP contribution in [0.25, 0.3) is 0 Å². The summed E-state index contributed by atoms with van der Waals surface area (Å²) in [5, 5.41) is 8.06. The quantitative estimate of drug-likeness (QED) is 0.742. The Bertz CT molecular complexity index is 841. The van der Waals surface area contributed by atoms with E-state index in [1.165, 1.54) is 5.56 Å². The summed E-state index contributed by atoms with van der Waals surface area (Å²) in [5.41, 5.74) is 10.8. The number of aryl methyl sites for hydroxylation is 1. The predicted octanol–water partition coefficient (Wildman–Crippen LogP) is 3.94. The number of aromatic nitrogens is 2. The Morgan fingerprint density at radius 3 is 2.46 bits per heavy atom. The Morgan fingerprint density at radius 2 is 1.75 bits per heavy atom. The number of H-pyrrole nitrogens is 1. The lowest BCUT2D eigenvalue weighted by Gasteiger charge is -2.41. The van der Waals surface area contributed by atoms with Crippen LogP contribution in [-0.2, 0) is 0 Å². The highest BCUT2D eigenvalue weighted by Crippen LogP contribution is 2.38. The fourth-order valence-electron chi connectivity index (χ4n) is 3.00. The summed E-state index contributed by atoms with van der Waals surface area (Å²) in [6.45, 7) is 2.69. The van der Waals surface area contributed by atoms with Gasteiger partial charge in [0.05, 0.1) is 12.2 Å². The molecule has 3 N–H and O–H groups in total. The highest BCUT2D eigenvalue weighted by atomic mass is 35.5. The van der Waals surface area contributed by atoms with Crippen molar-refractivity contribution in [2.45, 2.75) is 13.1 Å². The fraction of sp³-hybridized carbons (Fsp3) is 0.167. The molecular formula is C18H18ClN5. The fourth-order valence-corrected chi connectivity index (χ4v) is 3.13. The first kappa shape index (κ1) is 15.1. The molecule has 122 valence electrons. The van der Waals surface area contributed by atoms with E-state index in [9.17, 15) is 0 Å². The van der Waals surface area contributed by atoms with E-state index >= 15 is 0 Å². The van der Waals surface area contributed by atoms with Crippen LogP contribution < -0.4 is 15.5 Å². The largest absolute Gasteiger partial charge is 0.334 e. The summed E-state index contributed by atoms with van der Waals surface area (Å²) < 4.78 is 0. The maximum atomic E-state index is 6.48. The van der Waals surface area contributed by atoms with Gasteiger partial charge in [-0.1, -0.05) is 29.3 Å². The molecule has 2 heterocycles. The van der Waals surface area contributed by atoms with Crippen molar-refractivity contribution < 1.29 is 0 Å². The monoisotopic (exact) mass is 339 g/mol. The number of nitrogens with zero attached hydrogens (tertiary/aromatic N) is 3. The number of hydrogen-bond acceptors (Lipinski definition) is 4. The summed E-state index contributed by atoms with van der Waals surface area (Å²) in [6.07, 6.45) is 1.60. The number of fused-ring (bicyclic) bond motifs is 1. The molecule has 1 aliphatic heterocycles. The molecule has 5 nitrogen and oxygen atoms in total. The lowest BCUT2D eigenvalue weighted by atomic mass is 10.1. The molecule has 0 spiro atoms. The van der Waals surface area contributed by atoms with Crippen molar-refractivity contribution in [1.82, 2.24) is 10.2 Å². The second kappa shape index (κ2) is 5.85. The molecule has 2 aromatic carbocycles. The molecule has 0 aliphatic carbocycles. The van der Waals surface area contributed by atoms with Crippen LogP contribution in [0.4, 0.5) is 17.2 Å². The number of anilines is 3. The normalized spacial score (nSPS) is 17.0. The summed E-state index contributed by atoms with van der Waals surface area (Å²) in [4.78, 5) is 4.29. The maximum absolute atomic E-state index is 6.48. The van der Waals surface area contributed by atoms with Crippen molar-refractivity contribution in [3.8, 4) is 0 Å². The third-order valence-corrected chi connectivity index (χ3v) is 4.61. The van der Waals surface area contributed by atoms with Gasteiger partial charge in [0.25, 0.3) is 0 Å². The zero-order valence-corrected chi connectivity index (χ0v) is 14.0. The first-order chi connectivity index (χ1) is 11.6. The van der Waals surface area contributed by atoms with Gasteiger partial charge in [0, 0.05) is 22.6 Å². The smallest absolute Gasteiger partial charge is 0.162 e. The Kier molecular flexibility index (Phi) is 3.67. The van der Waals surface area contributed by atoms with Crippen molar-refractivity contribution in [2.24, 2.45) is 5.73 Å². The molecular weight excluding hydrogens is 322 g/mol. The van der Waals surface area contributed by atoms with Crippen LogP contribution in [0.2, 0.25) is 5.02 Å². The average Bonchev–Trinajstić information content (AvgIpc) is 3.08. The van der Waals surface area contributed by atoms with E-state index in [1.54, 1.807) is 0 Å². The molecule has 4 rings (SSSR count).